The number of amides is 1. The number of carbonyl (C=O) groups is 1. The molecule has 18 heavy (non-hydrogen) atoms. The minimum absolute atomic E-state index is 0.147. The van der Waals surface area contributed by atoms with Gasteiger partial charge in [-0.25, -0.2) is 0 Å². The van der Waals surface area contributed by atoms with Gasteiger partial charge in [0.1, 0.15) is 5.69 Å². The summed E-state index contributed by atoms with van der Waals surface area (Å²) >= 11 is 0. The molecule has 1 aromatic rings. The molecule has 0 aliphatic rings. The molecule has 0 aromatic carbocycles. The lowest BCUT2D eigenvalue weighted by Gasteiger charge is -2.27. The summed E-state index contributed by atoms with van der Waals surface area (Å²) in [6.45, 7) is 2.27. The van der Waals surface area contributed by atoms with Gasteiger partial charge in [-0.1, -0.05) is 0 Å². The van der Waals surface area contributed by atoms with E-state index < -0.39 is 5.60 Å². The number of carbonyl (C=O) groups excluding carboxylic acids is 1. The second kappa shape index (κ2) is 5.36. The fourth-order valence-corrected chi connectivity index (χ4v) is 1.82. The van der Waals surface area contributed by atoms with Gasteiger partial charge in [-0.3, -0.25) is 9.48 Å². The highest BCUT2D eigenvalue weighted by Gasteiger charge is 2.23. The Morgan fingerprint density at radius 3 is 2.72 bits per heavy atom. The number of nitrogens with zero attached hydrogens (tertiary/aromatic N) is 3. The molecule has 0 radical (unpaired) electrons. The standard InChI is InChI=1S/C11H21N5O2/c1-11(18,7-15(2)3)6-13-10(17)9-8(12)5-14-16(9)4/h5,18H,6-7,12H2,1-4H3,(H,13,17). The molecule has 1 aromatic heterocycles. The summed E-state index contributed by atoms with van der Waals surface area (Å²) in [5, 5.41) is 16.6. The number of aliphatic hydroxyl groups is 1. The Labute approximate surface area is 107 Å². The van der Waals surface area contributed by atoms with Gasteiger partial charge in [0.05, 0.1) is 17.5 Å². The highest BCUT2D eigenvalue weighted by atomic mass is 16.3. The highest BCUT2D eigenvalue weighted by molar-refractivity contribution is 5.97. The van der Waals surface area contributed by atoms with Crippen LogP contribution in [0.15, 0.2) is 6.20 Å². The van der Waals surface area contributed by atoms with Gasteiger partial charge in [-0.2, -0.15) is 5.10 Å². The lowest BCUT2D eigenvalue weighted by atomic mass is 10.1. The van der Waals surface area contributed by atoms with Gasteiger partial charge in [-0.05, 0) is 21.0 Å². The molecule has 102 valence electrons. The van der Waals surface area contributed by atoms with Crippen molar-refractivity contribution in [3.63, 3.8) is 0 Å². The van der Waals surface area contributed by atoms with Crippen LogP contribution in [0, 0.1) is 0 Å². The average Bonchev–Trinajstić information content (AvgIpc) is 2.53. The first-order valence-electron chi connectivity index (χ1n) is 5.66. The lowest BCUT2D eigenvalue weighted by Crippen LogP contribution is -2.47. The zero-order chi connectivity index (χ0) is 13.9. The predicted molar refractivity (Wildman–Crippen MR) is 69.1 cm³/mol. The van der Waals surface area contributed by atoms with E-state index >= 15 is 0 Å². The van der Waals surface area contributed by atoms with E-state index in [1.807, 2.05) is 19.0 Å². The van der Waals surface area contributed by atoms with Crippen LogP contribution in [-0.4, -0.2) is 58.5 Å². The number of likely N-dealkylation sites (N-methyl/N-ethyl adjacent to an activating group) is 1. The molecular formula is C11H21N5O2. The van der Waals surface area contributed by atoms with Gasteiger partial charge < -0.3 is 21.1 Å². The van der Waals surface area contributed by atoms with Crippen molar-refractivity contribution in [2.75, 3.05) is 32.9 Å². The fraction of sp³-hybridized carbons (Fsp3) is 0.636. The van der Waals surface area contributed by atoms with Gasteiger partial charge >= 0.3 is 0 Å². The Morgan fingerprint density at radius 1 is 1.67 bits per heavy atom. The number of aryl methyl sites for hydroxylation is 1. The molecule has 0 bridgehead atoms. The Morgan fingerprint density at radius 2 is 2.28 bits per heavy atom. The van der Waals surface area contributed by atoms with Crippen LogP contribution in [0.3, 0.4) is 0 Å². The maximum atomic E-state index is 11.9. The third-order valence-corrected chi connectivity index (χ3v) is 2.47. The van der Waals surface area contributed by atoms with E-state index in [1.54, 1.807) is 14.0 Å². The van der Waals surface area contributed by atoms with E-state index in [0.29, 0.717) is 17.9 Å². The van der Waals surface area contributed by atoms with Crippen molar-refractivity contribution >= 4 is 11.6 Å². The van der Waals surface area contributed by atoms with E-state index in [1.165, 1.54) is 10.9 Å². The van der Waals surface area contributed by atoms with Crippen LogP contribution in [0.1, 0.15) is 17.4 Å². The largest absolute Gasteiger partial charge is 0.396 e. The summed E-state index contributed by atoms with van der Waals surface area (Å²) in [5.74, 6) is -0.341. The normalized spacial score (nSPS) is 14.6. The number of nitrogens with two attached hydrogens (primary N) is 1. The van der Waals surface area contributed by atoms with Crippen molar-refractivity contribution in [3.8, 4) is 0 Å². The first-order valence-corrected chi connectivity index (χ1v) is 5.66. The molecule has 0 spiro atoms. The second-order valence-electron chi connectivity index (χ2n) is 4.99. The van der Waals surface area contributed by atoms with Crippen LogP contribution in [0.4, 0.5) is 5.69 Å². The number of nitrogen functional groups attached to an aromatic ring is 1. The number of hydrogen-bond acceptors (Lipinski definition) is 5. The first kappa shape index (κ1) is 14.5. The minimum Gasteiger partial charge on any atom is -0.396 e. The van der Waals surface area contributed by atoms with Gasteiger partial charge in [0, 0.05) is 20.1 Å². The number of anilines is 1. The molecule has 4 N–H and O–H groups in total. The summed E-state index contributed by atoms with van der Waals surface area (Å²) in [6.07, 6.45) is 1.42. The molecule has 7 heteroatoms. The molecule has 1 heterocycles. The second-order valence-corrected chi connectivity index (χ2v) is 4.99. The lowest BCUT2D eigenvalue weighted by molar-refractivity contribution is 0.0324. The monoisotopic (exact) mass is 255 g/mol. The van der Waals surface area contributed by atoms with Crippen molar-refractivity contribution in [2.45, 2.75) is 12.5 Å². The predicted octanol–water partition coefficient (Wildman–Crippen LogP) is -0.955. The van der Waals surface area contributed by atoms with E-state index in [4.69, 9.17) is 5.73 Å². The third-order valence-electron chi connectivity index (χ3n) is 2.47. The quantitative estimate of drug-likeness (QED) is 0.630. The number of rotatable bonds is 5. The summed E-state index contributed by atoms with van der Waals surface area (Å²) in [4.78, 5) is 13.8. The summed E-state index contributed by atoms with van der Waals surface area (Å²) in [6, 6.07) is 0. The van der Waals surface area contributed by atoms with Crippen molar-refractivity contribution in [1.29, 1.82) is 0 Å². The molecular weight excluding hydrogens is 234 g/mol. The van der Waals surface area contributed by atoms with E-state index in [9.17, 15) is 9.90 Å². The van der Waals surface area contributed by atoms with Crippen molar-refractivity contribution < 1.29 is 9.90 Å². The zero-order valence-electron chi connectivity index (χ0n) is 11.3. The Bertz CT molecular complexity index is 406. The summed E-state index contributed by atoms with van der Waals surface area (Å²) in [5.41, 5.74) is 5.28. The fourth-order valence-electron chi connectivity index (χ4n) is 1.82. The molecule has 7 nitrogen and oxygen atoms in total. The van der Waals surface area contributed by atoms with E-state index in [-0.39, 0.29) is 12.5 Å². The maximum absolute atomic E-state index is 11.9. The summed E-state index contributed by atoms with van der Waals surface area (Å²) < 4.78 is 1.41. The molecule has 0 aliphatic heterocycles. The molecule has 1 atom stereocenters. The summed E-state index contributed by atoms with van der Waals surface area (Å²) in [7, 11) is 5.36. The van der Waals surface area contributed by atoms with Crippen LogP contribution >= 0.6 is 0 Å². The van der Waals surface area contributed by atoms with Gasteiger partial charge in [-0.15, -0.1) is 0 Å². The van der Waals surface area contributed by atoms with Gasteiger partial charge in [0.2, 0.25) is 0 Å². The van der Waals surface area contributed by atoms with Crippen LogP contribution in [0.25, 0.3) is 0 Å². The van der Waals surface area contributed by atoms with E-state index in [2.05, 4.69) is 10.4 Å². The van der Waals surface area contributed by atoms with Crippen LogP contribution < -0.4 is 11.1 Å². The Hall–Kier alpha value is -1.60. The number of nitrogens with one attached hydrogen (secondary N) is 1. The maximum Gasteiger partial charge on any atom is 0.271 e. The van der Waals surface area contributed by atoms with Crippen molar-refractivity contribution in [2.24, 2.45) is 7.05 Å². The smallest absolute Gasteiger partial charge is 0.271 e. The van der Waals surface area contributed by atoms with Crippen LogP contribution in [-0.2, 0) is 7.05 Å². The molecule has 1 rings (SSSR count). The minimum atomic E-state index is -0.994. The van der Waals surface area contributed by atoms with Crippen LogP contribution in [0.2, 0.25) is 0 Å². The molecule has 0 fully saturated rings. The molecule has 1 amide bonds. The average molecular weight is 255 g/mol. The van der Waals surface area contributed by atoms with Gasteiger partial charge in [0.25, 0.3) is 5.91 Å². The van der Waals surface area contributed by atoms with Crippen molar-refractivity contribution in [1.82, 2.24) is 20.0 Å². The first-order chi connectivity index (χ1) is 8.23. The highest BCUT2D eigenvalue weighted by Crippen LogP contribution is 2.09. The van der Waals surface area contributed by atoms with E-state index in [0.717, 1.165) is 0 Å². The topological polar surface area (TPSA) is 96.4 Å². The van der Waals surface area contributed by atoms with Crippen molar-refractivity contribution in [3.05, 3.63) is 11.9 Å². The third kappa shape index (κ3) is 3.71. The molecule has 1 unspecified atom stereocenters. The molecule has 0 aliphatic carbocycles. The SMILES string of the molecule is CN(C)CC(C)(O)CNC(=O)c1c(N)cnn1C. The van der Waals surface area contributed by atoms with Gasteiger partial charge in [0.15, 0.2) is 0 Å². The molecule has 0 saturated heterocycles. The zero-order valence-corrected chi connectivity index (χ0v) is 11.3. The Balaban J connectivity index is 2.62. The number of aromatic nitrogens is 2. The number of hydrogen-bond donors (Lipinski definition) is 3. The molecule has 0 saturated carbocycles. The van der Waals surface area contributed by atoms with Crippen LogP contribution in [0.5, 0.6) is 0 Å². The Kier molecular flexibility index (Phi) is 4.31.